The van der Waals surface area contributed by atoms with Gasteiger partial charge in [0.1, 0.15) is 16.6 Å². The molecule has 0 spiro atoms. The van der Waals surface area contributed by atoms with Gasteiger partial charge in [-0.2, -0.15) is 0 Å². The summed E-state index contributed by atoms with van der Waals surface area (Å²) in [5.74, 6) is -5.67. The summed E-state index contributed by atoms with van der Waals surface area (Å²) in [6, 6.07) is 8.64. The molecule has 0 saturated heterocycles. The van der Waals surface area contributed by atoms with Crippen LogP contribution in [-0.4, -0.2) is 21.8 Å². The standard InChI is InChI=1S/C20H14F3NO3S/c21-13-3-1-2-12(6-13)19-24-14(10-28-19)8-15(25)9-16(20(26)27)11-4-5-17(22)18(23)7-11/h1-7,10,16H,8-9H2,(H,26,27). The number of halogens is 3. The Balaban J connectivity index is 1.71. The lowest BCUT2D eigenvalue weighted by Gasteiger charge is -2.12. The second-order valence-corrected chi connectivity index (χ2v) is 7.00. The monoisotopic (exact) mass is 405 g/mol. The van der Waals surface area contributed by atoms with Gasteiger partial charge in [0.25, 0.3) is 0 Å². The molecule has 0 saturated carbocycles. The smallest absolute Gasteiger partial charge is 0.311 e. The molecule has 144 valence electrons. The van der Waals surface area contributed by atoms with Crippen molar-refractivity contribution in [1.82, 2.24) is 4.98 Å². The van der Waals surface area contributed by atoms with E-state index in [2.05, 4.69) is 4.98 Å². The third-order valence-corrected chi connectivity index (χ3v) is 5.02. The van der Waals surface area contributed by atoms with E-state index < -0.39 is 35.1 Å². The number of carboxylic acids is 1. The number of benzene rings is 2. The van der Waals surface area contributed by atoms with E-state index in [4.69, 9.17) is 0 Å². The zero-order valence-corrected chi connectivity index (χ0v) is 15.2. The number of carbonyl (C=O) groups is 2. The van der Waals surface area contributed by atoms with Crippen LogP contribution in [0.3, 0.4) is 0 Å². The maximum absolute atomic E-state index is 13.4. The molecule has 0 aliphatic heterocycles. The molecule has 1 atom stereocenters. The van der Waals surface area contributed by atoms with Gasteiger partial charge in [-0.3, -0.25) is 9.59 Å². The van der Waals surface area contributed by atoms with Gasteiger partial charge >= 0.3 is 5.97 Å². The van der Waals surface area contributed by atoms with E-state index in [0.29, 0.717) is 16.3 Å². The first-order valence-corrected chi connectivity index (χ1v) is 9.11. The van der Waals surface area contributed by atoms with Crippen molar-refractivity contribution < 1.29 is 27.9 Å². The highest BCUT2D eigenvalue weighted by Gasteiger charge is 2.25. The maximum Gasteiger partial charge on any atom is 0.311 e. The molecule has 0 aliphatic carbocycles. The summed E-state index contributed by atoms with van der Waals surface area (Å²) in [5, 5.41) is 11.5. The van der Waals surface area contributed by atoms with E-state index in [9.17, 15) is 27.9 Å². The molecule has 1 unspecified atom stereocenters. The SMILES string of the molecule is O=C(Cc1csc(-c2cccc(F)c2)n1)CC(C(=O)O)c1ccc(F)c(F)c1. The van der Waals surface area contributed by atoms with Crippen molar-refractivity contribution in [1.29, 1.82) is 0 Å². The van der Waals surface area contributed by atoms with Crippen LogP contribution in [0.1, 0.15) is 23.6 Å². The number of aliphatic carboxylic acids is 1. The van der Waals surface area contributed by atoms with Gasteiger partial charge < -0.3 is 5.11 Å². The summed E-state index contributed by atoms with van der Waals surface area (Å²) in [6.07, 6.45) is -0.494. The molecule has 3 aromatic rings. The fourth-order valence-electron chi connectivity index (χ4n) is 2.72. The number of thiazole rings is 1. The van der Waals surface area contributed by atoms with Gasteiger partial charge in [0.05, 0.1) is 11.6 Å². The van der Waals surface area contributed by atoms with Crippen molar-refractivity contribution in [2.75, 3.05) is 0 Å². The Morgan fingerprint density at radius 3 is 2.54 bits per heavy atom. The minimum absolute atomic E-state index is 0.0125. The van der Waals surface area contributed by atoms with Crippen LogP contribution in [0.25, 0.3) is 10.6 Å². The fraction of sp³-hybridized carbons (Fsp3) is 0.150. The van der Waals surface area contributed by atoms with Crippen molar-refractivity contribution in [3.63, 3.8) is 0 Å². The molecule has 0 fully saturated rings. The minimum atomic E-state index is -1.31. The summed E-state index contributed by atoms with van der Waals surface area (Å²) in [6.45, 7) is 0. The first kappa shape index (κ1) is 19.8. The number of aromatic nitrogens is 1. The second-order valence-electron chi connectivity index (χ2n) is 6.14. The molecule has 3 rings (SSSR count). The quantitative estimate of drug-likeness (QED) is 0.624. The van der Waals surface area contributed by atoms with Gasteiger partial charge in [0, 0.05) is 23.8 Å². The highest BCUT2D eigenvalue weighted by molar-refractivity contribution is 7.13. The van der Waals surface area contributed by atoms with E-state index >= 15 is 0 Å². The first-order valence-electron chi connectivity index (χ1n) is 8.23. The third-order valence-electron chi connectivity index (χ3n) is 4.08. The Labute approximate surface area is 162 Å². The maximum atomic E-state index is 13.4. The van der Waals surface area contributed by atoms with Gasteiger partial charge in [0.15, 0.2) is 11.6 Å². The third kappa shape index (κ3) is 4.64. The van der Waals surface area contributed by atoms with Crippen LogP contribution in [0.2, 0.25) is 0 Å². The van der Waals surface area contributed by atoms with Crippen molar-refractivity contribution in [3.8, 4) is 10.6 Å². The highest BCUT2D eigenvalue weighted by atomic mass is 32.1. The number of carbonyl (C=O) groups excluding carboxylic acids is 1. The summed E-state index contributed by atoms with van der Waals surface area (Å²) < 4.78 is 39.8. The topological polar surface area (TPSA) is 67.3 Å². The van der Waals surface area contributed by atoms with Crippen LogP contribution in [0.4, 0.5) is 13.2 Å². The molecule has 0 radical (unpaired) electrons. The normalized spacial score (nSPS) is 12.0. The van der Waals surface area contributed by atoms with E-state index in [1.54, 1.807) is 17.5 Å². The van der Waals surface area contributed by atoms with Crippen LogP contribution < -0.4 is 0 Å². The van der Waals surface area contributed by atoms with Gasteiger partial charge in [-0.15, -0.1) is 11.3 Å². The molecule has 0 aliphatic rings. The Kier molecular flexibility index (Phi) is 5.89. The summed E-state index contributed by atoms with van der Waals surface area (Å²) in [5.41, 5.74) is 1.02. The Hall–Kier alpha value is -3.00. The van der Waals surface area contributed by atoms with Crippen LogP contribution in [0.5, 0.6) is 0 Å². The highest BCUT2D eigenvalue weighted by Crippen LogP contribution is 2.26. The molecule has 0 bridgehead atoms. The van der Waals surface area contributed by atoms with E-state index in [1.165, 1.54) is 23.5 Å². The van der Waals surface area contributed by atoms with Crippen LogP contribution in [-0.2, 0) is 16.0 Å². The predicted octanol–water partition coefficient (Wildman–Crippen LogP) is 4.60. The minimum Gasteiger partial charge on any atom is -0.481 e. The Morgan fingerprint density at radius 2 is 1.86 bits per heavy atom. The molecule has 1 heterocycles. The van der Waals surface area contributed by atoms with E-state index in [-0.39, 0.29) is 18.4 Å². The van der Waals surface area contributed by atoms with Gasteiger partial charge in [0.2, 0.25) is 0 Å². The summed E-state index contributed by atoms with van der Waals surface area (Å²) in [7, 11) is 0. The number of carboxylic acid groups (broad SMARTS) is 1. The number of hydrogen-bond donors (Lipinski definition) is 1. The fourth-order valence-corrected chi connectivity index (χ4v) is 3.54. The van der Waals surface area contributed by atoms with Gasteiger partial charge in [-0.05, 0) is 29.8 Å². The first-order chi connectivity index (χ1) is 13.3. The number of rotatable bonds is 7. The molecule has 1 aromatic heterocycles. The summed E-state index contributed by atoms with van der Waals surface area (Å²) in [4.78, 5) is 28.1. The lowest BCUT2D eigenvalue weighted by molar-refractivity contribution is -0.140. The van der Waals surface area contributed by atoms with Crippen molar-refractivity contribution in [2.24, 2.45) is 0 Å². The largest absolute Gasteiger partial charge is 0.481 e. The molecule has 8 heteroatoms. The van der Waals surface area contributed by atoms with Crippen LogP contribution >= 0.6 is 11.3 Å². The number of nitrogens with zero attached hydrogens (tertiary/aromatic N) is 1. The lowest BCUT2D eigenvalue weighted by atomic mass is 9.92. The van der Waals surface area contributed by atoms with Crippen molar-refractivity contribution in [2.45, 2.75) is 18.8 Å². The molecule has 4 nitrogen and oxygen atoms in total. The second kappa shape index (κ2) is 8.35. The lowest BCUT2D eigenvalue weighted by Crippen LogP contribution is -2.18. The zero-order chi connectivity index (χ0) is 20.3. The van der Waals surface area contributed by atoms with E-state index in [1.807, 2.05) is 0 Å². The van der Waals surface area contributed by atoms with Gasteiger partial charge in [-0.25, -0.2) is 18.2 Å². The van der Waals surface area contributed by atoms with Crippen molar-refractivity contribution >= 4 is 23.1 Å². The average molecular weight is 405 g/mol. The van der Waals surface area contributed by atoms with Crippen LogP contribution in [0.15, 0.2) is 47.8 Å². The number of Topliss-reactive ketones (excluding diaryl/α,β-unsaturated/α-hetero) is 1. The molecule has 0 amide bonds. The van der Waals surface area contributed by atoms with E-state index in [0.717, 1.165) is 18.2 Å². The Bertz CT molecular complexity index is 1040. The molecular weight excluding hydrogens is 391 g/mol. The zero-order valence-electron chi connectivity index (χ0n) is 14.4. The Morgan fingerprint density at radius 1 is 1.07 bits per heavy atom. The number of hydrogen-bond acceptors (Lipinski definition) is 4. The predicted molar refractivity (Wildman–Crippen MR) is 97.6 cm³/mol. The molecule has 28 heavy (non-hydrogen) atoms. The van der Waals surface area contributed by atoms with Crippen molar-refractivity contribution in [3.05, 3.63) is 76.6 Å². The van der Waals surface area contributed by atoms with Crippen LogP contribution in [0, 0.1) is 17.5 Å². The average Bonchev–Trinajstić information content (AvgIpc) is 3.10. The van der Waals surface area contributed by atoms with Gasteiger partial charge in [-0.1, -0.05) is 18.2 Å². The molecular formula is C20H14F3NO3S. The number of ketones is 1. The molecule has 1 N–H and O–H groups in total. The molecule has 2 aromatic carbocycles. The summed E-state index contributed by atoms with van der Waals surface area (Å²) >= 11 is 1.24.